The summed E-state index contributed by atoms with van der Waals surface area (Å²) in [5, 5.41) is 8.46. The molecule has 5 N–H and O–H groups in total. The van der Waals surface area contributed by atoms with Gasteiger partial charge in [-0.3, -0.25) is 0 Å². The molecule has 1 aromatic rings. The minimum atomic E-state index is -3.68. The van der Waals surface area contributed by atoms with E-state index in [4.69, 9.17) is 10.9 Å². The highest BCUT2D eigenvalue weighted by molar-refractivity contribution is 7.89. The van der Waals surface area contributed by atoms with Crippen molar-refractivity contribution in [1.29, 1.82) is 0 Å². The van der Waals surface area contributed by atoms with Gasteiger partial charge in [-0.15, -0.1) is 0 Å². The fraction of sp³-hybridized carbons (Fsp3) is 0.500. The zero-order chi connectivity index (χ0) is 13.2. The molecule has 0 aliphatic heterocycles. The first-order valence-electron chi connectivity index (χ1n) is 6.11. The molecular weight excluding hydrogens is 250 g/mol. The summed E-state index contributed by atoms with van der Waals surface area (Å²) in [6, 6.07) is 7.28. The van der Waals surface area contributed by atoms with Crippen molar-refractivity contribution in [3.63, 3.8) is 0 Å². The predicted molar refractivity (Wildman–Crippen MR) is 71.7 cm³/mol. The SMILES string of the molecule is NC1CCC(Nc2ccccc2S(N)(=O)=O)CC1. The van der Waals surface area contributed by atoms with Crippen LogP contribution in [0.3, 0.4) is 0 Å². The summed E-state index contributed by atoms with van der Waals surface area (Å²) in [6.45, 7) is 0. The van der Waals surface area contributed by atoms with Gasteiger partial charge in [0.25, 0.3) is 0 Å². The monoisotopic (exact) mass is 269 g/mol. The molecule has 0 radical (unpaired) electrons. The molecule has 0 aromatic heterocycles. The molecule has 100 valence electrons. The van der Waals surface area contributed by atoms with E-state index >= 15 is 0 Å². The number of nitrogens with one attached hydrogen (secondary N) is 1. The smallest absolute Gasteiger partial charge is 0.240 e. The quantitative estimate of drug-likeness (QED) is 0.763. The standard InChI is InChI=1S/C12H19N3O2S/c13-9-5-7-10(8-6-9)15-11-3-1-2-4-12(11)18(14,16)17/h1-4,9-10,15H,5-8,13H2,(H2,14,16,17). The fourth-order valence-corrected chi connectivity index (χ4v) is 3.02. The van der Waals surface area contributed by atoms with Gasteiger partial charge in [0.1, 0.15) is 4.90 Å². The lowest BCUT2D eigenvalue weighted by Gasteiger charge is -2.28. The van der Waals surface area contributed by atoms with E-state index in [0.717, 1.165) is 25.7 Å². The summed E-state index contributed by atoms with van der Waals surface area (Å²) in [4.78, 5) is 0.153. The third-order valence-corrected chi connectivity index (χ3v) is 4.29. The van der Waals surface area contributed by atoms with Crippen LogP contribution in [0.25, 0.3) is 0 Å². The van der Waals surface area contributed by atoms with Crippen molar-refractivity contribution < 1.29 is 8.42 Å². The Morgan fingerprint density at radius 1 is 1.11 bits per heavy atom. The van der Waals surface area contributed by atoms with Gasteiger partial charge >= 0.3 is 0 Å². The average molecular weight is 269 g/mol. The molecule has 1 aliphatic carbocycles. The Kier molecular flexibility index (Phi) is 3.89. The van der Waals surface area contributed by atoms with Gasteiger partial charge in [0.2, 0.25) is 10.0 Å². The van der Waals surface area contributed by atoms with E-state index in [1.807, 2.05) is 0 Å². The van der Waals surface area contributed by atoms with Crippen molar-refractivity contribution in [2.24, 2.45) is 10.9 Å². The number of hydrogen-bond acceptors (Lipinski definition) is 4. The fourth-order valence-electron chi connectivity index (χ4n) is 2.32. The lowest BCUT2D eigenvalue weighted by Crippen LogP contribution is -2.33. The molecule has 1 aliphatic rings. The Labute approximate surface area is 108 Å². The van der Waals surface area contributed by atoms with E-state index in [9.17, 15) is 8.42 Å². The van der Waals surface area contributed by atoms with Crippen LogP contribution in [0.4, 0.5) is 5.69 Å². The van der Waals surface area contributed by atoms with Gasteiger partial charge in [-0.25, -0.2) is 13.6 Å². The number of benzene rings is 1. The first-order valence-corrected chi connectivity index (χ1v) is 7.65. The van der Waals surface area contributed by atoms with E-state index in [-0.39, 0.29) is 17.0 Å². The minimum Gasteiger partial charge on any atom is -0.381 e. The average Bonchev–Trinajstić information content (AvgIpc) is 2.31. The first-order chi connectivity index (χ1) is 8.47. The van der Waals surface area contributed by atoms with Crippen LogP contribution >= 0.6 is 0 Å². The Morgan fingerprint density at radius 2 is 1.72 bits per heavy atom. The number of nitrogens with two attached hydrogens (primary N) is 2. The molecule has 5 nitrogen and oxygen atoms in total. The lowest BCUT2D eigenvalue weighted by atomic mass is 9.92. The third-order valence-electron chi connectivity index (χ3n) is 3.33. The number of hydrogen-bond donors (Lipinski definition) is 3. The Hall–Kier alpha value is -1.11. The molecule has 18 heavy (non-hydrogen) atoms. The van der Waals surface area contributed by atoms with Gasteiger partial charge in [-0.2, -0.15) is 0 Å². The maximum absolute atomic E-state index is 11.5. The van der Waals surface area contributed by atoms with Gasteiger partial charge < -0.3 is 11.1 Å². The predicted octanol–water partition coefficient (Wildman–Crippen LogP) is 1.02. The van der Waals surface area contributed by atoms with Gasteiger partial charge in [-0.1, -0.05) is 12.1 Å². The van der Waals surface area contributed by atoms with Crippen LogP contribution in [0, 0.1) is 0 Å². The molecule has 0 bridgehead atoms. The summed E-state index contributed by atoms with van der Waals surface area (Å²) in [6.07, 6.45) is 3.85. The lowest BCUT2D eigenvalue weighted by molar-refractivity contribution is 0.410. The van der Waals surface area contributed by atoms with E-state index in [1.54, 1.807) is 18.2 Å². The van der Waals surface area contributed by atoms with Crippen molar-refractivity contribution in [2.45, 2.75) is 42.7 Å². The molecule has 0 atom stereocenters. The van der Waals surface area contributed by atoms with Crippen LogP contribution in [0.1, 0.15) is 25.7 Å². The molecule has 2 rings (SSSR count). The second-order valence-electron chi connectivity index (χ2n) is 4.80. The molecule has 0 heterocycles. The van der Waals surface area contributed by atoms with Crippen LogP contribution in [0.2, 0.25) is 0 Å². The highest BCUT2D eigenvalue weighted by Gasteiger charge is 2.20. The minimum absolute atomic E-state index is 0.153. The second kappa shape index (κ2) is 5.26. The molecule has 0 unspecified atom stereocenters. The Balaban J connectivity index is 2.15. The Morgan fingerprint density at radius 3 is 2.33 bits per heavy atom. The van der Waals surface area contributed by atoms with E-state index in [2.05, 4.69) is 5.32 Å². The van der Waals surface area contributed by atoms with Gasteiger partial charge in [-0.05, 0) is 37.8 Å². The topological polar surface area (TPSA) is 98.2 Å². The van der Waals surface area contributed by atoms with Gasteiger partial charge in [0.15, 0.2) is 0 Å². The Bertz CT molecular complexity index is 508. The van der Waals surface area contributed by atoms with E-state index in [1.165, 1.54) is 6.07 Å². The number of primary sulfonamides is 1. The molecule has 6 heteroatoms. The highest BCUT2D eigenvalue weighted by atomic mass is 32.2. The summed E-state index contributed by atoms with van der Waals surface area (Å²) < 4.78 is 22.9. The maximum atomic E-state index is 11.5. The summed E-state index contributed by atoms with van der Waals surface area (Å²) >= 11 is 0. The molecule has 1 saturated carbocycles. The number of para-hydroxylation sites is 1. The van der Waals surface area contributed by atoms with Crippen LogP contribution in [0.15, 0.2) is 29.2 Å². The molecule has 1 aromatic carbocycles. The van der Waals surface area contributed by atoms with E-state index < -0.39 is 10.0 Å². The van der Waals surface area contributed by atoms with Crippen LogP contribution in [0.5, 0.6) is 0 Å². The van der Waals surface area contributed by atoms with Crippen LogP contribution in [-0.2, 0) is 10.0 Å². The van der Waals surface area contributed by atoms with Crippen molar-refractivity contribution >= 4 is 15.7 Å². The van der Waals surface area contributed by atoms with Crippen molar-refractivity contribution in [1.82, 2.24) is 0 Å². The van der Waals surface area contributed by atoms with E-state index in [0.29, 0.717) is 5.69 Å². The van der Waals surface area contributed by atoms with Crippen LogP contribution in [-0.4, -0.2) is 20.5 Å². The molecule has 1 fully saturated rings. The van der Waals surface area contributed by atoms with Crippen LogP contribution < -0.4 is 16.2 Å². The zero-order valence-electron chi connectivity index (χ0n) is 10.2. The number of sulfonamides is 1. The first kappa shape index (κ1) is 13.3. The molecular formula is C12H19N3O2S. The van der Waals surface area contributed by atoms with Crippen molar-refractivity contribution in [3.05, 3.63) is 24.3 Å². The second-order valence-corrected chi connectivity index (χ2v) is 6.33. The highest BCUT2D eigenvalue weighted by Crippen LogP contribution is 2.25. The molecule has 0 amide bonds. The number of anilines is 1. The maximum Gasteiger partial charge on any atom is 0.240 e. The third kappa shape index (κ3) is 3.22. The van der Waals surface area contributed by atoms with Crippen molar-refractivity contribution in [3.8, 4) is 0 Å². The van der Waals surface area contributed by atoms with Gasteiger partial charge in [0.05, 0.1) is 5.69 Å². The number of rotatable bonds is 3. The molecule has 0 spiro atoms. The normalized spacial score (nSPS) is 24.8. The summed E-state index contributed by atoms with van der Waals surface area (Å²) in [5.41, 5.74) is 6.43. The molecule has 0 saturated heterocycles. The summed E-state index contributed by atoms with van der Waals surface area (Å²) in [7, 11) is -3.68. The summed E-state index contributed by atoms with van der Waals surface area (Å²) in [5.74, 6) is 0. The van der Waals surface area contributed by atoms with Gasteiger partial charge in [0, 0.05) is 12.1 Å². The van der Waals surface area contributed by atoms with Crippen molar-refractivity contribution in [2.75, 3.05) is 5.32 Å². The zero-order valence-corrected chi connectivity index (χ0v) is 11.0. The largest absolute Gasteiger partial charge is 0.381 e.